The van der Waals surface area contributed by atoms with Crippen LogP contribution in [0.3, 0.4) is 0 Å². The summed E-state index contributed by atoms with van der Waals surface area (Å²) in [5.74, 6) is -2.81. The third kappa shape index (κ3) is 10.3. The Bertz CT molecular complexity index is 2420. The summed E-state index contributed by atoms with van der Waals surface area (Å²) in [5.41, 5.74) is 16.4. The maximum atomic E-state index is 14.6. The van der Waals surface area contributed by atoms with Gasteiger partial charge in [-0.1, -0.05) is 43.3 Å². The third-order valence-corrected chi connectivity index (χ3v) is 11.6. The van der Waals surface area contributed by atoms with Crippen LogP contribution in [0.1, 0.15) is 77.6 Å². The average Bonchev–Trinajstić information content (AvgIpc) is 4.02. The van der Waals surface area contributed by atoms with E-state index >= 15 is 0 Å². The lowest BCUT2D eigenvalue weighted by Crippen LogP contribution is -2.56. The Kier molecular flexibility index (Phi) is 14.1. The van der Waals surface area contributed by atoms with E-state index in [9.17, 15) is 29.1 Å². The zero-order valence-electron chi connectivity index (χ0n) is 36.1. The highest BCUT2D eigenvalue weighted by Gasteiger charge is 2.39. The molecule has 1 saturated carbocycles. The molecular weight excluding hydrogens is 805 g/mol. The number of nitrogens with one attached hydrogen (secondary N) is 4. The molecule has 63 heavy (non-hydrogen) atoms. The van der Waals surface area contributed by atoms with E-state index in [0.29, 0.717) is 34.1 Å². The largest absolute Gasteiger partial charge is 0.507 e. The van der Waals surface area contributed by atoms with Gasteiger partial charge in [0.05, 0.1) is 23.0 Å². The highest BCUT2D eigenvalue weighted by Crippen LogP contribution is 2.47. The summed E-state index contributed by atoms with van der Waals surface area (Å²) in [6, 6.07) is 14.3. The fourth-order valence-corrected chi connectivity index (χ4v) is 7.75. The number of nitrogens with two attached hydrogens (primary N) is 2. The smallest absolute Gasteiger partial charge is 0.255 e. The molecule has 0 saturated heterocycles. The molecule has 9 N–H and O–H groups in total. The van der Waals surface area contributed by atoms with Crippen molar-refractivity contribution in [1.82, 2.24) is 36.1 Å². The Morgan fingerprint density at radius 2 is 1.68 bits per heavy atom. The van der Waals surface area contributed by atoms with E-state index in [-0.39, 0.29) is 66.9 Å². The molecule has 17 nitrogen and oxygen atoms in total. The average molecular weight is 859 g/mol. The number of aryl methyl sites for hydroxylation is 2. The van der Waals surface area contributed by atoms with Crippen LogP contribution in [0.15, 0.2) is 60.7 Å². The molecule has 6 rings (SSSR count). The van der Waals surface area contributed by atoms with Gasteiger partial charge in [-0.05, 0) is 92.9 Å². The molecule has 5 amide bonds. The number of nitrogens with zero attached hydrogens (tertiary/aromatic N) is 4. The maximum absolute atomic E-state index is 14.6. The lowest BCUT2D eigenvalue weighted by molar-refractivity contribution is -0.141. The van der Waals surface area contributed by atoms with Crippen LogP contribution in [0, 0.1) is 25.2 Å². The van der Waals surface area contributed by atoms with Crippen LogP contribution in [0.5, 0.6) is 11.5 Å². The van der Waals surface area contributed by atoms with Gasteiger partial charge in [0, 0.05) is 36.7 Å². The highest BCUT2D eigenvalue weighted by atomic mass is 16.5. The number of aromatic hydroxyl groups is 1. The summed E-state index contributed by atoms with van der Waals surface area (Å²) in [5, 5.41) is 30.9. The van der Waals surface area contributed by atoms with Crippen molar-refractivity contribution < 1.29 is 33.8 Å². The van der Waals surface area contributed by atoms with Gasteiger partial charge in [-0.2, -0.15) is 5.26 Å². The van der Waals surface area contributed by atoms with E-state index < -0.39 is 53.7 Å². The molecule has 1 fully saturated rings. The lowest BCUT2D eigenvalue weighted by atomic mass is 9.93. The van der Waals surface area contributed by atoms with Gasteiger partial charge in [-0.15, -0.1) is 0 Å². The summed E-state index contributed by atoms with van der Waals surface area (Å²) in [4.78, 5) is 80.4. The molecule has 1 aromatic heterocycles. The molecule has 2 aliphatic rings. The van der Waals surface area contributed by atoms with Crippen molar-refractivity contribution in [3.63, 3.8) is 0 Å². The van der Waals surface area contributed by atoms with Crippen molar-refractivity contribution in [3.05, 3.63) is 94.3 Å². The number of phenols is 1. The zero-order valence-corrected chi connectivity index (χ0v) is 36.1. The van der Waals surface area contributed by atoms with Crippen LogP contribution >= 0.6 is 0 Å². The molecule has 4 atom stereocenters. The number of aromatic nitrogens is 2. The second-order valence-electron chi connectivity index (χ2n) is 16.3. The molecule has 4 aromatic rings. The van der Waals surface area contributed by atoms with E-state index in [1.165, 1.54) is 25.6 Å². The van der Waals surface area contributed by atoms with Gasteiger partial charge in [0.25, 0.3) is 5.91 Å². The first-order valence-corrected chi connectivity index (χ1v) is 20.9. The van der Waals surface area contributed by atoms with Crippen molar-refractivity contribution in [2.45, 2.75) is 83.0 Å². The van der Waals surface area contributed by atoms with Crippen LogP contribution in [-0.4, -0.2) is 101 Å². The van der Waals surface area contributed by atoms with Gasteiger partial charge >= 0.3 is 0 Å². The zero-order chi connectivity index (χ0) is 45.6. The lowest BCUT2D eigenvalue weighted by Gasteiger charge is -2.32. The van der Waals surface area contributed by atoms with Gasteiger partial charge in [0.2, 0.25) is 23.6 Å². The summed E-state index contributed by atoms with van der Waals surface area (Å²) in [7, 11) is 1.39. The molecule has 1 aliphatic heterocycles. The number of amides is 5. The Balaban J connectivity index is 1.35. The van der Waals surface area contributed by atoms with Gasteiger partial charge in [0.1, 0.15) is 48.8 Å². The number of carbonyl (C=O) groups excluding carboxylic acids is 5. The number of rotatable bonds is 13. The van der Waals surface area contributed by atoms with Crippen LogP contribution in [0.4, 0.5) is 0 Å². The third-order valence-electron chi connectivity index (χ3n) is 11.6. The monoisotopic (exact) mass is 858 g/mol. The minimum absolute atomic E-state index is 0.00258. The second-order valence-corrected chi connectivity index (χ2v) is 16.3. The van der Waals surface area contributed by atoms with E-state index in [4.69, 9.17) is 21.5 Å². The predicted octanol–water partition coefficient (Wildman–Crippen LogP) is 2.35. The quantitative estimate of drug-likeness (QED) is 0.0956. The van der Waals surface area contributed by atoms with Gasteiger partial charge < -0.3 is 47.5 Å². The maximum Gasteiger partial charge on any atom is 0.255 e. The predicted molar refractivity (Wildman–Crippen MR) is 234 cm³/mol. The van der Waals surface area contributed by atoms with E-state index in [1.54, 1.807) is 44.2 Å². The molecule has 1 aliphatic carbocycles. The van der Waals surface area contributed by atoms with Crippen LogP contribution < -0.4 is 37.5 Å². The first-order chi connectivity index (χ1) is 30.1. The molecule has 0 spiro atoms. The first-order valence-electron chi connectivity index (χ1n) is 20.9. The van der Waals surface area contributed by atoms with E-state index in [1.807, 2.05) is 18.2 Å². The number of phenolic OH excluding ortho intramolecular Hbond substituents is 1. The highest BCUT2D eigenvalue weighted by molar-refractivity contribution is 6.00. The Labute approximate surface area is 366 Å². The van der Waals surface area contributed by atoms with Crippen molar-refractivity contribution >= 4 is 29.5 Å². The molecule has 0 radical (unpaired) electrons. The fourth-order valence-electron chi connectivity index (χ4n) is 7.75. The molecule has 330 valence electrons. The van der Waals surface area contributed by atoms with Crippen LogP contribution in [-0.2, 0) is 31.0 Å². The number of benzene rings is 3. The van der Waals surface area contributed by atoms with Crippen molar-refractivity contribution in [2.24, 2.45) is 11.5 Å². The second kappa shape index (κ2) is 19.4. The summed E-state index contributed by atoms with van der Waals surface area (Å²) in [6.07, 6.45) is 2.26. The number of hydrogen-bond acceptors (Lipinski definition) is 12. The van der Waals surface area contributed by atoms with E-state index in [2.05, 4.69) is 50.3 Å². The van der Waals surface area contributed by atoms with Crippen LogP contribution in [0.25, 0.3) is 22.5 Å². The van der Waals surface area contributed by atoms with Gasteiger partial charge in [-0.3, -0.25) is 24.0 Å². The molecular formula is C46H54N10O7. The number of nitriles is 1. The number of likely N-dealkylation sites (N-methyl/N-ethyl adjacent to an activating group) is 1. The molecule has 3 aromatic carbocycles. The Morgan fingerprint density at radius 3 is 2.32 bits per heavy atom. The Hall–Kier alpha value is -6.90. The molecule has 17 heteroatoms. The number of ether oxygens (including phenoxy) is 1. The van der Waals surface area contributed by atoms with Gasteiger partial charge in [0.15, 0.2) is 5.82 Å². The first kappa shape index (κ1) is 45.6. The SMILES string of the molecule is Cc1nc(-c2ccc(C3(C)CC3)cc2)nc(C)c1C(=O)N[C@@H](CCN)C(=O)N(C)[C@@H]1C(=O)N[C@@H](C)C(=O)N[C@H](C(=O)NCC#N)Cc2ccc(O)c(c2)-c2cc1ccc2OCCN. The molecule has 0 unspecified atom stereocenters. The summed E-state index contributed by atoms with van der Waals surface area (Å²) >= 11 is 0. The normalized spacial score (nSPS) is 18.3. The van der Waals surface area contributed by atoms with Crippen molar-refractivity contribution in [3.8, 4) is 40.1 Å². The topological polar surface area (TPSA) is 268 Å². The van der Waals surface area contributed by atoms with Crippen molar-refractivity contribution in [2.75, 3.05) is 33.3 Å². The van der Waals surface area contributed by atoms with Crippen LogP contribution in [0.2, 0.25) is 0 Å². The standard InChI is InChI=1S/C46H54N10O7/c1-25-38(26(2)52-40(51-25)29-7-10-31(11-8-29)46(4)15-16-46)43(60)54-34(14-17-47)45(62)56(5)39-30-9-13-37(63-21-19-49)33(24-30)32-22-28(6-12-36(32)57)23-35(42(59)50-20-18-48)55-41(58)27(3)53-44(39)61/h6-13,22,24,27,34-35,39,57H,14-17,19-21,23,47,49H2,1-5H3,(H,50,59)(H,53,61)(H,54,60)(H,55,58)/t27-,34-,35-,39-/m0/s1. The van der Waals surface area contributed by atoms with Crippen molar-refractivity contribution in [1.29, 1.82) is 5.26 Å². The van der Waals surface area contributed by atoms with Gasteiger partial charge in [-0.25, -0.2) is 9.97 Å². The number of hydrogen-bond donors (Lipinski definition) is 7. The Morgan fingerprint density at radius 1 is 0.984 bits per heavy atom. The minimum atomic E-state index is -1.42. The summed E-state index contributed by atoms with van der Waals surface area (Å²) in [6.45, 7) is 7.02. The van der Waals surface area contributed by atoms with E-state index in [0.717, 1.165) is 23.3 Å². The minimum Gasteiger partial charge on any atom is -0.507 e. The number of fused-ring (bicyclic) bond motifs is 5. The molecule has 4 bridgehead atoms. The number of carbonyl (C=O) groups is 5. The summed E-state index contributed by atoms with van der Waals surface area (Å²) < 4.78 is 5.98. The fraction of sp³-hybridized carbons (Fsp3) is 0.391. The molecule has 2 heterocycles.